The van der Waals surface area contributed by atoms with Gasteiger partial charge in [-0.25, -0.2) is 0 Å². The van der Waals surface area contributed by atoms with Crippen molar-refractivity contribution in [2.45, 2.75) is 53.0 Å². The second-order valence-electron chi connectivity index (χ2n) is 6.11. The summed E-state index contributed by atoms with van der Waals surface area (Å²) < 4.78 is 0. The average Bonchev–Trinajstić information content (AvgIpc) is 2.40. The van der Waals surface area contributed by atoms with Crippen molar-refractivity contribution in [1.82, 2.24) is 4.90 Å². The van der Waals surface area contributed by atoms with Gasteiger partial charge in [0.2, 0.25) is 5.91 Å². The van der Waals surface area contributed by atoms with Crippen molar-refractivity contribution in [3.05, 3.63) is 0 Å². The average molecular weight is 226 g/mol. The summed E-state index contributed by atoms with van der Waals surface area (Å²) in [5.74, 6) is 0.562. The molecular weight excluding hydrogens is 200 g/mol. The topological polar surface area (TPSA) is 46.3 Å². The van der Waals surface area contributed by atoms with Crippen LogP contribution in [0, 0.1) is 11.3 Å². The Bertz CT molecular complexity index is 245. The number of nitrogens with zero attached hydrogens (tertiary/aromatic N) is 1. The zero-order valence-corrected chi connectivity index (χ0v) is 11.1. The van der Waals surface area contributed by atoms with E-state index in [4.69, 9.17) is 5.73 Å². The molecule has 1 aliphatic heterocycles. The number of carbonyl (C=O) groups is 1. The van der Waals surface area contributed by atoms with Gasteiger partial charge in [-0.2, -0.15) is 0 Å². The Morgan fingerprint density at radius 2 is 1.94 bits per heavy atom. The Morgan fingerprint density at radius 1 is 1.31 bits per heavy atom. The van der Waals surface area contributed by atoms with Gasteiger partial charge in [0.15, 0.2) is 0 Å². The third-order valence-corrected chi connectivity index (χ3v) is 3.95. The van der Waals surface area contributed by atoms with Gasteiger partial charge in [-0.3, -0.25) is 9.69 Å². The van der Waals surface area contributed by atoms with E-state index in [1.165, 1.54) is 19.3 Å². The Labute approximate surface area is 99.4 Å². The van der Waals surface area contributed by atoms with E-state index >= 15 is 0 Å². The van der Waals surface area contributed by atoms with Crippen molar-refractivity contribution in [3.8, 4) is 0 Å². The normalized spacial score (nSPS) is 26.1. The number of hydrogen-bond donors (Lipinski definition) is 1. The van der Waals surface area contributed by atoms with Gasteiger partial charge in [0.1, 0.15) is 0 Å². The number of rotatable bonds is 2. The summed E-state index contributed by atoms with van der Waals surface area (Å²) in [6.45, 7) is 10.9. The van der Waals surface area contributed by atoms with Crippen LogP contribution in [0.15, 0.2) is 0 Å². The van der Waals surface area contributed by atoms with Gasteiger partial charge in [-0.1, -0.05) is 20.8 Å². The van der Waals surface area contributed by atoms with E-state index in [2.05, 4.69) is 25.7 Å². The zero-order chi connectivity index (χ0) is 12.3. The van der Waals surface area contributed by atoms with Gasteiger partial charge >= 0.3 is 0 Å². The van der Waals surface area contributed by atoms with Crippen LogP contribution in [-0.4, -0.2) is 29.9 Å². The highest BCUT2D eigenvalue weighted by Crippen LogP contribution is 2.34. The molecule has 2 N–H and O–H groups in total. The first kappa shape index (κ1) is 13.5. The van der Waals surface area contributed by atoms with Crippen molar-refractivity contribution >= 4 is 5.91 Å². The number of likely N-dealkylation sites (tertiary alicyclic amines) is 1. The molecule has 0 aliphatic carbocycles. The first-order chi connectivity index (χ1) is 7.32. The lowest BCUT2D eigenvalue weighted by Crippen LogP contribution is -2.43. The van der Waals surface area contributed by atoms with E-state index in [0.717, 1.165) is 19.0 Å². The summed E-state index contributed by atoms with van der Waals surface area (Å²) in [5, 5.41) is 0. The molecule has 0 spiro atoms. The lowest BCUT2D eigenvalue weighted by atomic mass is 9.77. The van der Waals surface area contributed by atoms with E-state index in [0.29, 0.717) is 5.41 Å². The summed E-state index contributed by atoms with van der Waals surface area (Å²) in [6, 6.07) is -0.112. The molecule has 3 heteroatoms. The van der Waals surface area contributed by atoms with Crippen LogP contribution >= 0.6 is 0 Å². The molecule has 0 aromatic carbocycles. The van der Waals surface area contributed by atoms with Gasteiger partial charge in [0, 0.05) is 0 Å². The predicted molar refractivity (Wildman–Crippen MR) is 67.0 cm³/mol. The standard InChI is InChI=1S/C13H26N2O/c1-10(12(14)16)15-8-5-6-11(7-9-15)13(2,3)4/h10-11H,5-9H2,1-4H3,(H2,14,16). The molecular formula is C13H26N2O. The molecule has 1 aliphatic rings. The largest absolute Gasteiger partial charge is 0.368 e. The number of nitrogens with two attached hydrogens (primary N) is 1. The van der Waals surface area contributed by atoms with E-state index in [1.807, 2.05) is 6.92 Å². The van der Waals surface area contributed by atoms with Crippen molar-refractivity contribution < 1.29 is 4.79 Å². The van der Waals surface area contributed by atoms with Crippen LogP contribution < -0.4 is 5.73 Å². The number of amides is 1. The van der Waals surface area contributed by atoms with Crippen molar-refractivity contribution in [1.29, 1.82) is 0 Å². The van der Waals surface area contributed by atoms with Gasteiger partial charge in [-0.15, -0.1) is 0 Å². The summed E-state index contributed by atoms with van der Waals surface area (Å²) in [4.78, 5) is 13.4. The maximum Gasteiger partial charge on any atom is 0.234 e. The first-order valence-corrected chi connectivity index (χ1v) is 6.35. The van der Waals surface area contributed by atoms with Crippen LogP contribution in [0.4, 0.5) is 0 Å². The molecule has 0 aromatic heterocycles. The molecule has 1 fully saturated rings. The molecule has 1 rings (SSSR count). The molecule has 1 amide bonds. The molecule has 0 saturated carbocycles. The first-order valence-electron chi connectivity index (χ1n) is 6.35. The highest BCUT2D eigenvalue weighted by Gasteiger charge is 2.29. The van der Waals surface area contributed by atoms with Crippen LogP contribution in [0.2, 0.25) is 0 Å². The molecule has 2 atom stereocenters. The molecule has 16 heavy (non-hydrogen) atoms. The molecule has 1 heterocycles. The van der Waals surface area contributed by atoms with E-state index in [9.17, 15) is 4.79 Å². The van der Waals surface area contributed by atoms with Crippen LogP contribution in [0.1, 0.15) is 47.0 Å². The maximum absolute atomic E-state index is 11.2. The van der Waals surface area contributed by atoms with Gasteiger partial charge < -0.3 is 5.73 Å². The van der Waals surface area contributed by atoms with Crippen LogP contribution in [-0.2, 0) is 4.79 Å². The summed E-state index contributed by atoms with van der Waals surface area (Å²) in [7, 11) is 0. The Morgan fingerprint density at radius 3 is 2.44 bits per heavy atom. The number of carbonyl (C=O) groups excluding carboxylic acids is 1. The highest BCUT2D eigenvalue weighted by atomic mass is 16.1. The fraction of sp³-hybridized carbons (Fsp3) is 0.923. The van der Waals surface area contributed by atoms with E-state index in [1.54, 1.807) is 0 Å². The Balaban J connectivity index is 2.56. The fourth-order valence-corrected chi connectivity index (χ4v) is 2.55. The molecule has 0 radical (unpaired) electrons. The molecule has 0 bridgehead atoms. The van der Waals surface area contributed by atoms with Crippen molar-refractivity contribution in [2.24, 2.45) is 17.1 Å². The molecule has 94 valence electrons. The zero-order valence-electron chi connectivity index (χ0n) is 11.1. The third-order valence-electron chi connectivity index (χ3n) is 3.95. The lowest BCUT2D eigenvalue weighted by molar-refractivity contribution is -0.122. The summed E-state index contributed by atoms with van der Waals surface area (Å²) in [5.41, 5.74) is 5.74. The number of hydrogen-bond acceptors (Lipinski definition) is 2. The molecule has 2 unspecified atom stereocenters. The molecule has 0 aromatic rings. The SMILES string of the molecule is CC(C(N)=O)N1CCCC(C(C)(C)C)CC1. The fourth-order valence-electron chi connectivity index (χ4n) is 2.55. The second-order valence-corrected chi connectivity index (χ2v) is 6.11. The maximum atomic E-state index is 11.2. The van der Waals surface area contributed by atoms with Crippen LogP contribution in [0.5, 0.6) is 0 Å². The van der Waals surface area contributed by atoms with Gasteiger partial charge in [0.05, 0.1) is 6.04 Å². The molecule has 3 nitrogen and oxygen atoms in total. The minimum absolute atomic E-state index is 0.112. The Kier molecular flexibility index (Phi) is 4.36. The predicted octanol–water partition coefficient (Wildman–Crippen LogP) is 2.01. The minimum atomic E-state index is -0.200. The van der Waals surface area contributed by atoms with Crippen LogP contribution in [0.3, 0.4) is 0 Å². The van der Waals surface area contributed by atoms with E-state index < -0.39 is 0 Å². The quantitative estimate of drug-likeness (QED) is 0.783. The van der Waals surface area contributed by atoms with Gasteiger partial charge in [0.25, 0.3) is 0 Å². The number of primary amides is 1. The third kappa shape index (κ3) is 3.48. The lowest BCUT2D eigenvalue weighted by Gasteiger charge is -2.30. The van der Waals surface area contributed by atoms with Crippen LogP contribution in [0.25, 0.3) is 0 Å². The van der Waals surface area contributed by atoms with Gasteiger partial charge in [-0.05, 0) is 50.6 Å². The highest BCUT2D eigenvalue weighted by molar-refractivity contribution is 5.79. The smallest absolute Gasteiger partial charge is 0.234 e. The summed E-state index contributed by atoms with van der Waals surface area (Å²) in [6.07, 6.45) is 3.63. The van der Waals surface area contributed by atoms with Crippen molar-refractivity contribution in [2.75, 3.05) is 13.1 Å². The second kappa shape index (κ2) is 5.17. The molecule has 1 saturated heterocycles. The minimum Gasteiger partial charge on any atom is -0.368 e. The summed E-state index contributed by atoms with van der Waals surface area (Å²) >= 11 is 0. The monoisotopic (exact) mass is 226 g/mol. The van der Waals surface area contributed by atoms with E-state index in [-0.39, 0.29) is 11.9 Å². The Hall–Kier alpha value is -0.570. The van der Waals surface area contributed by atoms with Crippen molar-refractivity contribution in [3.63, 3.8) is 0 Å².